The number of hydrogen-bond donors (Lipinski definition) is 1. The van der Waals surface area contributed by atoms with Gasteiger partial charge in [-0.3, -0.25) is 4.79 Å². The maximum Gasteiger partial charge on any atom is 0.434 e. The molecule has 0 bridgehead atoms. The summed E-state index contributed by atoms with van der Waals surface area (Å²) in [5, 5.41) is 6.03. The minimum atomic E-state index is -4.81. The Hall–Kier alpha value is -2.38. The highest BCUT2D eigenvalue weighted by atomic mass is 19.4. The molecule has 0 saturated heterocycles. The Morgan fingerprint density at radius 1 is 1.35 bits per heavy atom. The summed E-state index contributed by atoms with van der Waals surface area (Å²) in [6, 6.07) is 4.57. The third-order valence-corrected chi connectivity index (χ3v) is 3.01. The van der Waals surface area contributed by atoms with Crippen molar-refractivity contribution in [3.63, 3.8) is 0 Å². The third-order valence-electron chi connectivity index (χ3n) is 3.01. The summed E-state index contributed by atoms with van der Waals surface area (Å²) in [6.45, 7) is 3.88. The van der Waals surface area contributed by atoms with Crippen LogP contribution in [0.2, 0.25) is 0 Å². The van der Waals surface area contributed by atoms with Crippen molar-refractivity contribution in [1.82, 2.24) is 15.1 Å². The van der Waals surface area contributed by atoms with Gasteiger partial charge in [-0.25, -0.2) is 9.07 Å². The molecule has 23 heavy (non-hydrogen) atoms. The van der Waals surface area contributed by atoms with Crippen molar-refractivity contribution in [2.45, 2.75) is 20.0 Å². The molecule has 0 spiro atoms. The highest BCUT2D eigenvalue weighted by Gasteiger charge is 2.40. The summed E-state index contributed by atoms with van der Waals surface area (Å²) in [6.07, 6.45) is -3.98. The summed E-state index contributed by atoms with van der Waals surface area (Å²) in [4.78, 5) is 12.0. The molecule has 0 aliphatic heterocycles. The van der Waals surface area contributed by atoms with E-state index in [-0.39, 0.29) is 18.2 Å². The highest BCUT2D eigenvalue weighted by Crippen LogP contribution is 2.33. The number of hydrogen-bond acceptors (Lipinski definition) is 2. The molecular weight excluding hydrogens is 314 g/mol. The number of benzene rings is 1. The Bertz CT molecular complexity index is 707. The van der Waals surface area contributed by atoms with Crippen molar-refractivity contribution in [3.05, 3.63) is 47.5 Å². The molecular formula is C15H15F4N3O. The Morgan fingerprint density at radius 3 is 2.61 bits per heavy atom. The average molecular weight is 329 g/mol. The maximum atomic E-state index is 13.4. The normalized spacial score (nSPS) is 11.8. The minimum Gasteiger partial charge on any atom is -0.352 e. The third kappa shape index (κ3) is 3.88. The van der Waals surface area contributed by atoms with Gasteiger partial charge < -0.3 is 5.32 Å². The molecule has 0 aliphatic rings. The molecule has 0 atom stereocenters. The van der Waals surface area contributed by atoms with Gasteiger partial charge in [-0.2, -0.15) is 18.3 Å². The van der Waals surface area contributed by atoms with Crippen molar-refractivity contribution >= 4 is 5.91 Å². The first-order valence-corrected chi connectivity index (χ1v) is 6.89. The van der Waals surface area contributed by atoms with E-state index in [1.165, 1.54) is 12.1 Å². The first-order chi connectivity index (χ1) is 10.7. The fourth-order valence-corrected chi connectivity index (χ4v) is 1.98. The van der Waals surface area contributed by atoms with Gasteiger partial charge in [0.05, 0.1) is 17.4 Å². The number of nitrogens with one attached hydrogen (secondary N) is 1. The smallest absolute Gasteiger partial charge is 0.352 e. The van der Waals surface area contributed by atoms with Crippen molar-refractivity contribution < 1.29 is 22.4 Å². The zero-order chi connectivity index (χ0) is 17.2. The average Bonchev–Trinajstić information content (AvgIpc) is 2.89. The number of aromatic nitrogens is 2. The van der Waals surface area contributed by atoms with Crippen LogP contribution in [0.5, 0.6) is 0 Å². The zero-order valence-corrected chi connectivity index (χ0v) is 12.5. The SMILES string of the molecule is CC(C)CNC(=O)c1cnn(-c2cccc(F)c2)c1C(F)(F)F. The number of carbonyl (C=O) groups is 1. The van der Waals surface area contributed by atoms with Gasteiger partial charge in [0.1, 0.15) is 5.82 Å². The van der Waals surface area contributed by atoms with Crippen LogP contribution in [0.1, 0.15) is 29.9 Å². The fourth-order valence-electron chi connectivity index (χ4n) is 1.98. The van der Waals surface area contributed by atoms with Crippen molar-refractivity contribution in [3.8, 4) is 5.69 Å². The summed E-state index contributed by atoms with van der Waals surface area (Å²) < 4.78 is 53.8. The van der Waals surface area contributed by atoms with Crippen molar-refractivity contribution in [1.29, 1.82) is 0 Å². The number of rotatable bonds is 4. The van der Waals surface area contributed by atoms with Gasteiger partial charge in [-0.1, -0.05) is 19.9 Å². The van der Waals surface area contributed by atoms with E-state index in [1.807, 2.05) is 13.8 Å². The standard InChI is InChI=1S/C15H15F4N3O/c1-9(2)7-20-14(23)12-8-21-22(13(12)15(17,18)19)11-5-3-4-10(16)6-11/h3-6,8-9H,7H2,1-2H3,(H,20,23). The molecule has 2 rings (SSSR count). The molecule has 4 nitrogen and oxygen atoms in total. The Labute approximate surface area is 130 Å². The highest BCUT2D eigenvalue weighted by molar-refractivity contribution is 5.95. The molecule has 0 aliphatic carbocycles. The lowest BCUT2D eigenvalue weighted by atomic mass is 10.2. The van der Waals surface area contributed by atoms with E-state index >= 15 is 0 Å². The maximum absolute atomic E-state index is 13.4. The van der Waals surface area contributed by atoms with E-state index < -0.39 is 29.2 Å². The van der Waals surface area contributed by atoms with Gasteiger partial charge in [0, 0.05) is 6.54 Å². The van der Waals surface area contributed by atoms with Crippen LogP contribution < -0.4 is 5.32 Å². The Kier molecular flexibility index (Phi) is 4.72. The van der Waals surface area contributed by atoms with E-state index in [9.17, 15) is 22.4 Å². The molecule has 0 radical (unpaired) electrons. The van der Waals surface area contributed by atoms with E-state index in [2.05, 4.69) is 10.4 Å². The zero-order valence-electron chi connectivity index (χ0n) is 12.5. The lowest BCUT2D eigenvalue weighted by Crippen LogP contribution is -2.29. The van der Waals surface area contributed by atoms with Crippen LogP contribution in [0.15, 0.2) is 30.5 Å². The van der Waals surface area contributed by atoms with Gasteiger partial charge in [0.15, 0.2) is 5.69 Å². The van der Waals surface area contributed by atoms with Crippen LogP contribution in [0, 0.1) is 11.7 Å². The molecule has 0 fully saturated rings. The van der Waals surface area contributed by atoms with Gasteiger partial charge in [-0.15, -0.1) is 0 Å². The molecule has 1 N–H and O–H groups in total. The molecule has 8 heteroatoms. The second kappa shape index (κ2) is 6.39. The topological polar surface area (TPSA) is 46.9 Å². The molecule has 1 aromatic heterocycles. The van der Waals surface area contributed by atoms with Crippen LogP contribution in [0.3, 0.4) is 0 Å². The molecule has 2 aromatic rings. The predicted molar refractivity (Wildman–Crippen MR) is 75.7 cm³/mol. The number of amides is 1. The molecule has 1 aromatic carbocycles. The van der Waals surface area contributed by atoms with E-state index in [0.717, 1.165) is 18.3 Å². The quantitative estimate of drug-likeness (QED) is 0.874. The van der Waals surface area contributed by atoms with Crippen molar-refractivity contribution in [2.24, 2.45) is 5.92 Å². The molecule has 1 amide bonds. The molecule has 0 unspecified atom stereocenters. The Balaban J connectivity index is 2.48. The number of nitrogens with zero attached hydrogens (tertiary/aromatic N) is 2. The van der Waals surface area contributed by atoms with Gasteiger partial charge >= 0.3 is 6.18 Å². The molecule has 124 valence electrons. The van der Waals surface area contributed by atoms with E-state index in [4.69, 9.17) is 0 Å². The summed E-state index contributed by atoms with van der Waals surface area (Å²) >= 11 is 0. The van der Waals surface area contributed by atoms with Crippen LogP contribution in [0.25, 0.3) is 5.69 Å². The van der Waals surface area contributed by atoms with E-state index in [0.29, 0.717) is 4.68 Å². The second-order valence-electron chi connectivity index (χ2n) is 5.40. The second-order valence-corrected chi connectivity index (χ2v) is 5.40. The van der Waals surface area contributed by atoms with E-state index in [1.54, 1.807) is 0 Å². The van der Waals surface area contributed by atoms with Crippen molar-refractivity contribution in [2.75, 3.05) is 6.54 Å². The lowest BCUT2D eigenvalue weighted by molar-refractivity contribution is -0.143. The van der Waals surface area contributed by atoms with Crippen LogP contribution in [-0.2, 0) is 6.18 Å². The minimum absolute atomic E-state index is 0.0894. The lowest BCUT2D eigenvalue weighted by Gasteiger charge is -2.13. The summed E-state index contributed by atoms with van der Waals surface area (Å²) in [5.74, 6) is -1.47. The predicted octanol–water partition coefficient (Wildman–Crippen LogP) is 3.42. The summed E-state index contributed by atoms with van der Waals surface area (Å²) in [7, 11) is 0. The summed E-state index contributed by atoms with van der Waals surface area (Å²) in [5.41, 5.74) is -1.94. The Morgan fingerprint density at radius 2 is 2.04 bits per heavy atom. The number of alkyl halides is 3. The van der Waals surface area contributed by atoms with Crippen LogP contribution >= 0.6 is 0 Å². The van der Waals surface area contributed by atoms with Gasteiger partial charge in [-0.05, 0) is 24.1 Å². The van der Waals surface area contributed by atoms with Crippen LogP contribution in [0.4, 0.5) is 17.6 Å². The first kappa shape index (κ1) is 17.0. The van der Waals surface area contributed by atoms with Crippen LogP contribution in [-0.4, -0.2) is 22.2 Å². The fraction of sp³-hybridized carbons (Fsp3) is 0.333. The van der Waals surface area contributed by atoms with Gasteiger partial charge in [0.25, 0.3) is 5.91 Å². The van der Waals surface area contributed by atoms with Gasteiger partial charge in [0.2, 0.25) is 0 Å². The monoisotopic (exact) mass is 329 g/mol. The molecule has 1 heterocycles. The molecule has 0 saturated carbocycles. The first-order valence-electron chi connectivity index (χ1n) is 6.89. The number of halogens is 4. The largest absolute Gasteiger partial charge is 0.434 e. The number of carbonyl (C=O) groups excluding carboxylic acids is 1.